The summed E-state index contributed by atoms with van der Waals surface area (Å²) in [5, 5.41) is 3.40. The van der Waals surface area contributed by atoms with E-state index in [1.54, 1.807) is 0 Å². The Labute approximate surface area is 121 Å². The molecule has 1 spiro atoms. The van der Waals surface area contributed by atoms with Gasteiger partial charge in [-0.05, 0) is 61.9 Å². The molecule has 3 heteroatoms. The second kappa shape index (κ2) is 5.21. The van der Waals surface area contributed by atoms with E-state index in [0.29, 0.717) is 5.91 Å². The summed E-state index contributed by atoms with van der Waals surface area (Å²) < 4.78 is 0. The normalized spacial score (nSPS) is 21.7. The monoisotopic (exact) mass is 272 g/mol. The molecule has 20 heavy (non-hydrogen) atoms. The van der Waals surface area contributed by atoms with Crippen molar-refractivity contribution in [3.63, 3.8) is 0 Å². The van der Waals surface area contributed by atoms with E-state index >= 15 is 0 Å². The van der Waals surface area contributed by atoms with Crippen LogP contribution in [0.1, 0.15) is 36.0 Å². The highest BCUT2D eigenvalue weighted by atomic mass is 16.2. The van der Waals surface area contributed by atoms with E-state index in [1.807, 2.05) is 0 Å². The van der Waals surface area contributed by atoms with Crippen LogP contribution >= 0.6 is 0 Å². The molecule has 3 rings (SSSR count). The molecule has 0 unspecified atom stereocenters. The predicted molar refractivity (Wildman–Crippen MR) is 80.5 cm³/mol. The van der Waals surface area contributed by atoms with E-state index in [-0.39, 0.29) is 5.41 Å². The number of hydrogen-bond donors (Lipinski definition) is 1. The fraction of sp³-hybridized carbons (Fsp3) is 0.588. The van der Waals surface area contributed by atoms with E-state index < -0.39 is 0 Å². The van der Waals surface area contributed by atoms with Crippen LogP contribution in [-0.4, -0.2) is 30.4 Å². The smallest absolute Gasteiger partial charge is 0.223 e. The van der Waals surface area contributed by atoms with Crippen molar-refractivity contribution in [1.82, 2.24) is 10.2 Å². The lowest BCUT2D eigenvalue weighted by Crippen LogP contribution is -2.38. The Morgan fingerprint density at radius 1 is 1.20 bits per heavy atom. The summed E-state index contributed by atoms with van der Waals surface area (Å²) in [5.74, 6) is 0.338. The molecule has 3 nitrogen and oxygen atoms in total. The second-order valence-corrected chi connectivity index (χ2v) is 6.60. The van der Waals surface area contributed by atoms with Gasteiger partial charge in [0.25, 0.3) is 0 Å². The Bertz CT molecular complexity index is 518. The fourth-order valence-corrected chi connectivity index (χ4v) is 3.54. The van der Waals surface area contributed by atoms with Crippen molar-refractivity contribution < 1.29 is 4.79 Å². The average Bonchev–Trinajstić information content (AvgIpc) is 2.71. The number of carbonyl (C=O) groups excluding carboxylic acids is 1. The number of rotatable bonds is 2. The first-order valence-electron chi connectivity index (χ1n) is 7.63. The fourth-order valence-electron chi connectivity index (χ4n) is 3.54. The van der Waals surface area contributed by atoms with Crippen LogP contribution in [0.15, 0.2) is 18.2 Å². The third-order valence-corrected chi connectivity index (χ3v) is 5.01. The van der Waals surface area contributed by atoms with Crippen LogP contribution < -0.4 is 5.32 Å². The van der Waals surface area contributed by atoms with E-state index in [0.717, 1.165) is 45.4 Å². The van der Waals surface area contributed by atoms with Gasteiger partial charge in [0.1, 0.15) is 0 Å². The molecule has 0 atom stereocenters. The minimum Gasteiger partial charge on any atom is -0.338 e. The summed E-state index contributed by atoms with van der Waals surface area (Å²) in [6.07, 6.45) is 3.03. The van der Waals surface area contributed by atoms with Gasteiger partial charge in [0, 0.05) is 19.5 Å². The van der Waals surface area contributed by atoms with Crippen LogP contribution in [0, 0.1) is 19.3 Å². The number of benzene rings is 1. The van der Waals surface area contributed by atoms with Crippen molar-refractivity contribution in [1.29, 1.82) is 0 Å². The van der Waals surface area contributed by atoms with Crippen molar-refractivity contribution in [2.24, 2.45) is 5.41 Å². The van der Waals surface area contributed by atoms with Crippen molar-refractivity contribution in [3.05, 3.63) is 34.9 Å². The lowest BCUT2D eigenvalue weighted by Gasteiger charge is -2.33. The highest BCUT2D eigenvalue weighted by molar-refractivity contribution is 5.79. The molecule has 2 fully saturated rings. The summed E-state index contributed by atoms with van der Waals surface area (Å²) >= 11 is 0. The first kappa shape index (κ1) is 13.6. The molecule has 2 aliphatic heterocycles. The Hall–Kier alpha value is -1.35. The maximum absolute atomic E-state index is 12.3. The number of nitrogens with one attached hydrogen (secondary N) is 1. The standard InChI is InChI=1S/C17H24N2O/c1-13-3-4-15(9-14(13)2)11-19-12-17(10-16(19)20)5-7-18-8-6-17/h3-4,9,18H,5-8,10-12H2,1-2H3. The van der Waals surface area contributed by atoms with Gasteiger partial charge in [-0.1, -0.05) is 18.2 Å². The number of piperidine rings is 1. The number of hydrogen-bond acceptors (Lipinski definition) is 2. The number of likely N-dealkylation sites (tertiary alicyclic amines) is 1. The maximum atomic E-state index is 12.3. The van der Waals surface area contributed by atoms with E-state index in [9.17, 15) is 4.79 Å². The lowest BCUT2D eigenvalue weighted by molar-refractivity contribution is -0.128. The number of aryl methyl sites for hydroxylation is 2. The van der Waals surface area contributed by atoms with E-state index in [4.69, 9.17) is 0 Å². The van der Waals surface area contributed by atoms with E-state index in [2.05, 4.69) is 42.3 Å². The van der Waals surface area contributed by atoms with Crippen LogP contribution in [0.25, 0.3) is 0 Å². The highest BCUT2D eigenvalue weighted by Gasteiger charge is 2.43. The molecule has 2 heterocycles. The van der Waals surface area contributed by atoms with Crippen LogP contribution in [0.2, 0.25) is 0 Å². The van der Waals surface area contributed by atoms with Gasteiger partial charge < -0.3 is 10.2 Å². The van der Waals surface area contributed by atoms with Gasteiger partial charge in [-0.15, -0.1) is 0 Å². The Morgan fingerprint density at radius 3 is 2.65 bits per heavy atom. The predicted octanol–water partition coefficient (Wildman–Crippen LogP) is 2.41. The van der Waals surface area contributed by atoms with Crippen molar-refractivity contribution in [2.45, 2.75) is 39.7 Å². The molecular formula is C17H24N2O. The molecule has 2 aliphatic rings. The molecule has 1 N–H and O–H groups in total. The first-order valence-corrected chi connectivity index (χ1v) is 7.63. The highest BCUT2D eigenvalue weighted by Crippen LogP contribution is 2.39. The third-order valence-electron chi connectivity index (χ3n) is 5.01. The number of nitrogens with zero attached hydrogens (tertiary/aromatic N) is 1. The quantitative estimate of drug-likeness (QED) is 0.896. The topological polar surface area (TPSA) is 32.3 Å². The summed E-state index contributed by atoms with van der Waals surface area (Å²) in [7, 11) is 0. The molecular weight excluding hydrogens is 248 g/mol. The zero-order valence-corrected chi connectivity index (χ0v) is 12.5. The Kier molecular flexibility index (Phi) is 3.55. The molecule has 1 aromatic carbocycles. The number of amides is 1. The van der Waals surface area contributed by atoms with Crippen LogP contribution in [0.3, 0.4) is 0 Å². The zero-order chi connectivity index (χ0) is 14.2. The lowest BCUT2D eigenvalue weighted by atomic mass is 9.78. The summed E-state index contributed by atoms with van der Waals surface area (Å²) in [4.78, 5) is 14.4. The molecule has 0 radical (unpaired) electrons. The van der Waals surface area contributed by atoms with Gasteiger partial charge in [-0.2, -0.15) is 0 Å². The van der Waals surface area contributed by atoms with Gasteiger partial charge in [0.05, 0.1) is 0 Å². The average molecular weight is 272 g/mol. The van der Waals surface area contributed by atoms with Crippen LogP contribution in [0.5, 0.6) is 0 Å². The Balaban J connectivity index is 1.71. The molecule has 0 bridgehead atoms. The minimum absolute atomic E-state index is 0.252. The van der Waals surface area contributed by atoms with Gasteiger partial charge in [-0.3, -0.25) is 4.79 Å². The molecule has 0 saturated carbocycles. The number of carbonyl (C=O) groups is 1. The van der Waals surface area contributed by atoms with Crippen molar-refractivity contribution in [2.75, 3.05) is 19.6 Å². The summed E-state index contributed by atoms with van der Waals surface area (Å²) in [6, 6.07) is 6.53. The van der Waals surface area contributed by atoms with Gasteiger partial charge in [-0.25, -0.2) is 0 Å². The Morgan fingerprint density at radius 2 is 1.95 bits per heavy atom. The summed E-state index contributed by atoms with van der Waals surface area (Å²) in [6.45, 7) is 8.11. The zero-order valence-electron chi connectivity index (χ0n) is 12.5. The van der Waals surface area contributed by atoms with Crippen LogP contribution in [0.4, 0.5) is 0 Å². The molecule has 2 saturated heterocycles. The maximum Gasteiger partial charge on any atom is 0.223 e. The molecule has 1 amide bonds. The minimum atomic E-state index is 0.252. The van der Waals surface area contributed by atoms with Crippen LogP contribution in [-0.2, 0) is 11.3 Å². The van der Waals surface area contributed by atoms with Gasteiger partial charge in [0.15, 0.2) is 0 Å². The molecule has 0 aliphatic carbocycles. The second-order valence-electron chi connectivity index (χ2n) is 6.60. The molecule has 108 valence electrons. The van der Waals surface area contributed by atoms with Gasteiger partial charge in [0.2, 0.25) is 5.91 Å². The first-order chi connectivity index (χ1) is 9.58. The summed E-state index contributed by atoms with van der Waals surface area (Å²) in [5.41, 5.74) is 4.14. The third kappa shape index (κ3) is 2.59. The van der Waals surface area contributed by atoms with Crippen molar-refractivity contribution >= 4 is 5.91 Å². The molecule has 0 aromatic heterocycles. The molecule has 1 aromatic rings. The largest absolute Gasteiger partial charge is 0.338 e. The van der Waals surface area contributed by atoms with Gasteiger partial charge >= 0.3 is 0 Å². The van der Waals surface area contributed by atoms with Crippen molar-refractivity contribution in [3.8, 4) is 0 Å². The SMILES string of the molecule is Cc1ccc(CN2CC3(CCNCC3)CC2=O)cc1C. The van der Waals surface area contributed by atoms with E-state index in [1.165, 1.54) is 16.7 Å².